The van der Waals surface area contributed by atoms with Crippen molar-refractivity contribution in [2.45, 2.75) is 29.4 Å². The van der Waals surface area contributed by atoms with Crippen molar-refractivity contribution in [2.75, 3.05) is 10.6 Å². The normalized spacial score (nSPS) is 15.5. The maximum absolute atomic E-state index is 12.9. The first-order chi connectivity index (χ1) is 15.7. The van der Waals surface area contributed by atoms with Crippen molar-refractivity contribution in [3.05, 3.63) is 81.6 Å². The molecule has 0 fully saturated rings. The van der Waals surface area contributed by atoms with Crippen LogP contribution in [-0.2, 0) is 21.5 Å². The van der Waals surface area contributed by atoms with Crippen LogP contribution < -0.4 is 16.2 Å². The van der Waals surface area contributed by atoms with Crippen LogP contribution in [0.5, 0.6) is 0 Å². The lowest BCUT2D eigenvalue weighted by Crippen LogP contribution is -2.36. The summed E-state index contributed by atoms with van der Waals surface area (Å²) in [6, 6.07) is 13.6. The van der Waals surface area contributed by atoms with E-state index in [2.05, 4.69) is 20.6 Å². The molecule has 2 aromatic carbocycles. The molecule has 2 heterocycles. The summed E-state index contributed by atoms with van der Waals surface area (Å²) in [4.78, 5) is 44.7. The Morgan fingerprint density at radius 2 is 1.88 bits per heavy atom. The number of carbonyl (C=O) groups excluding carboxylic acids is 2. The van der Waals surface area contributed by atoms with Gasteiger partial charge in [-0.15, -0.1) is 0 Å². The molecule has 33 heavy (non-hydrogen) atoms. The maximum atomic E-state index is 12.9. The first kappa shape index (κ1) is 22.6. The van der Waals surface area contributed by atoms with Gasteiger partial charge in [-0.05, 0) is 23.8 Å². The average Bonchev–Trinajstić information content (AvgIpc) is 2.77. The quantitative estimate of drug-likeness (QED) is 0.381. The topological polar surface area (TPSA) is 104 Å². The number of aromatic amines is 1. The van der Waals surface area contributed by atoms with Crippen LogP contribution in [0.4, 0.5) is 24.7 Å². The Kier molecular flexibility index (Phi) is 6.23. The number of carbonyl (C=O) groups is 2. The van der Waals surface area contributed by atoms with Gasteiger partial charge >= 0.3 is 6.18 Å². The van der Waals surface area contributed by atoms with Crippen molar-refractivity contribution < 1.29 is 22.8 Å². The minimum atomic E-state index is -4.58. The SMILES string of the molecule is O=C1C[C@H](C(=O)Nc2cccc(C(F)(F)F)c2)c2c(nc(SCc3ccccc3)[nH]c2=O)N1. The number of fused-ring (bicyclic) bond motifs is 1. The molecule has 3 N–H and O–H groups in total. The number of nitrogens with one attached hydrogen (secondary N) is 3. The number of hydrogen-bond acceptors (Lipinski definition) is 5. The van der Waals surface area contributed by atoms with Gasteiger partial charge in [0.05, 0.1) is 17.0 Å². The van der Waals surface area contributed by atoms with E-state index in [1.165, 1.54) is 17.8 Å². The molecule has 1 aromatic heterocycles. The van der Waals surface area contributed by atoms with Crippen molar-refractivity contribution in [1.29, 1.82) is 0 Å². The summed E-state index contributed by atoms with van der Waals surface area (Å²) in [6.45, 7) is 0. The summed E-state index contributed by atoms with van der Waals surface area (Å²) in [5.41, 5.74) is -0.656. The number of aromatic nitrogens is 2. The third-order valence-electron chi connectivity index (χ3n) is 4.92. The van der Waals surface area contributed by atoms with E-state index < -0.39 is 35.0 Å². The Morgan fingerprint density at radius 1 is 1.12 bits per heavy atom. The summed E-state index contributed by atoms with van der Waals surface area (Å²) in [5, 5.41) is 5.14. The molecule has 1 atom stereocenters. The highest BCUT2D eigenvalue weighted by Crippen LogP contribution is 2.33. The molecule has 7 nitrogen and oxygen atoms in total. The third-order valence-corrected chi connectivity index (χ3v) is 5.87. The minimum absolute atomic E-state index is 0.0326. The zero-order valence-corrected chi connectivity index (χ0v) is 17.7. The molecule has 1 aliphatic heterocycles. The molecule has 11 heteroatoms. The van der Waals surface area contributed by atoms with E-state index in [0.717, 1.165) is 23.8 Å². The van der Waals surface area contributed by atoms with Crippen LogP contribution in [0.1, 0.15) is 29.0 Å². The number of benzene rings is 2. The number of alkyl halides is 3. The predicted molar refractivity (Wildman–Crippen MR) is 117 cm³/mol. The zero-order chi connectivity index (χ0) is 23.6. The van der Waals surface area contributed by atoms with Gasteiger partial charge in [0.2, 0.25) is 11.8 Å². The monoisotopic (exact) mass is 474 g/mol. The number of amides is 2. The number of H-pyrrole nitrogens is 1. The molecule has 0 saturated carbocycles. The summed E-state index contributed by atoms with van der Waals surface area (Å²) >= 11 is 1.25. The molecule has 0 spiro atoms. The fraction of sp³-hybridized carbons (Fsp3) is 0.182. The van der Waals surface area contributed by atoms with E-state index in [9.17, 15) is 27.6 Å². The molecule has 0 unspecified atom stereocenters. The first-order valence-electron chi connectivity index (χ1n) is 9.79. The maximum Gasteiger partial charge on any atom is 0.416 e. The second kappa shape index (κ2) is 9.10. The van der Waals surface area contributed by atoms with Gasteiger partial charge in [-0.2, -0.15) is 13.2 Å². The molecule has 2 amide bonds. The van der Waals surface area contributed by atoms with Crippen LogP contribution in [0.25, 0.3) is 0 Å². The van der Waals surface area contributed by atoms with Crippen LogP contribution in [0.15, 0.2) is 64.5 Å². The molecule has 3 aromatic rings. The Balaban J connectivity index is 1.57. The summed E-state index contributed by atoms with van der Waals surface area (Å²) in [6.07, 6.45) is -4.91. The Labute approximate surface area is 189 Å². The summed E-state index contributed by atoms with van der Waals surface area (Å²) in [5.74, 6) is -2.01. The molecule has 0 radical (unpaired) electrons. The van der Waals surface area contributed by atoms with Crippen molar-refractivity contribution in [1.82, 2.24) is 9.97 Å². The number of halogens is 3. The van der Waals surface area contributed by atoms with Gasteiger partial charge < -0.3 is 15.6 Å². The number of rotatable bonds is 5. The van der Waals surface area contributed by atoms with Gasteiger partial charge in [-0.3, -0.25) is 14.4 Å². The van der Waals surface area contributed by atoms with Gasteiger partial charge in [-0.25, -0.2) is 4.98 Å². The minimum Gasteiger partial charge on any atom is -0.326 e. The van der Waals surface area contributed by atoms with E-state index in [4.69, 9.17) is 0 Å². The van der Waals surface area contributed by atoms with Crippen molar-refractivity contribution in [3.8, 4) is 0 Å². The Morgan fingerprint density at radius 3 is 2.61 bits per heavy atom. The van der Waals surface area contributed by atoms with E-state index in [-0.39, 0.29) is 28.6 Å². The second-order valence-electron chi connectivity index (χ2n) is 7.28. The molecular weight excluding hydrogens is 457 g/mol. The van der Waals surface area contributed by atoms with E-state index in [1.807, 2.05) is 30.3 Å². The van der Waals surface area contributed by atoms with E-state index in [1.54, 1.807) is 0 Å². The van der Waals surface area contributed by atoms with Gasteiger partial charge in [-0.1, -0.05) is 48.2 Å². The fourth-order valence-corrected chi connectivity index (χ4v) is 4.19. The second-order valence-corrected chi connectivity index (χ2v) is 8.24. The number of hydrogen-bond donors (Lipinski definition) is 3. The molecule has 0 bridgehead atoms. The highest BCUT2D eigenvalue weighted by atomic mass is 32.2. The van der Waals surface area contributed by atoms with Crippen LogP contribution in [-0.4, -0.2) is 21.8 Å². The van der Waals surface area contributed by atoms with Crippen molar-refractivity contribution >= 4 is 35.1 Å². The lowest BCUT2D eigenvalue weighted by atomic mass is 9.92. The van der Waals surface area contributed by atoms with Crippen LogP contribution in [0, 0.1) is 0 Å². The largest absolute Gasteiger partial charge is 0.416 e. The van der Waals surface area contributed by atoms with Crippen LogP contribution >= 0.6 is 11.8 Å². The number of anilines is 2. The highest BCUT2D eigenvalue weighted by molar-refractivity contribution is 7.98. The smallest absolute Gasteiger partial charge is 0.326 e. The predicted octanol–water partition coefficient (Wildman–Crippen LogP) is 4.15. The van der Waals surface area contributed by atoms with Crippen LogP contribution in [0.2, 0.25) is 0 Å². The zero-order valence-electron chi connectivity index (χ0n) is 16.9. The summed E-state index contributed by atoms with van der Waals surface area (Å²) < 4.78 is 38.8. The molecule has 170 valence electrons. The van der Waals surface area contributed by atoms with Gasteiger partial charge in [0.1, 0.15) is 5.82 Å². The molecule has 4 rings (SSSR count). The van der Waals surface area contributed by atoms with Gasteiger partial charge in [0.25, 0.3) is 5.56 Å². The Bertz CT molecular complexity index is 1260. The standard InChI is InChI=1S/C22H17F3N4O3S/c23-22(24,25)13-7-4-8-14(9-13)26-19(31)15-10-16(30)27-18-17(15)20(32)29-21(28-18)33-11-12-5-2-1-3-6-12/h1-9,15H,10-11H2,(H,26,31)(H2,27,28,29,30,32)/t15-/m0/s1. The van der Waals surface area contributed by atoms with Gasteiger partial charge in [0, 0.05) is 17.9 Å². The molecule has 1 aliphatic rings. The highest BCUT2D eigenvalue weighted by Gasteiger charge is 2.35. The van der Waals surface area contributed by atoms with Gasteiger partial charge in [0.15, 0.2) is 5.16 Å². The molecular formula is C22H17F3N4O3S. The van der Waals surface area contributed by atoms with Crippen LogP contribution in [0.3, 0.4) is 0 Å². The summed E-state index contributed by atoms with van der Waals surface area (Å²) in [7, 11) is 0. The van der Waals surface area contributed by atoms with Crippen molar-refractivity contribution in [3.63, 3.8) is 0 Å². The third kappa shape index (κ3) is 5.25. The molecule has 0 aliphatic carbocycles. The average molecular weight is 474 g/mol. The van der Waals surface area contributed by atoms with Crippen molar-refractivity contribution in [2.24, 2.45) is 0 Å². The fourth-order valence-electron chi connectivity index (χ4n) is 3.37. The first-order valence-corrected chi connectivity index (χ1v) is 10.8. The lowest BCUT2D eigenvalue weighted by molar-refractivity contribution is -0.137. The number of nitrogens with zero attached hydrogens (tertiary/aromatic N) is 1. The number of thioether (sulfide) groups is 1. The van der Waals surface area contributed by atoms with E-state index >= 15 is 0 Å². The van der Waals surface area contributed by atoms with E-state index in [0.29, 0.717) is 5.75 Å². The molecule has 0 saturated heterocycles. The Hall–Kier alpha value is -3.60. The lowest BCUT2D eigenvalue weighted by Gasteiger charge is -2.23.